The van der Waals surface area contributed by atoms with Gasteiger partial charge in [0.15, 0.2) is 11.5 Å². The molecule has 0 aromatic heterocycles. The molecule has 1 aliphatic carbocycles. The van der Waals surface area contributed by atoms with Gasteiger partial charge in [0, 0.05) is 5.02 Å². The van der Waals surface area contributed by atoms with Crippen molar-refractivity contribution in [1.29, 1.82) is 0 Å². The topological polar surface area (TPSA) is 59.6 Å². The van der Waals surface area contributed by atoms with E-state index in [1.54, 1.807) is 7.11 Å². The van der Waals surface area contributed by atoms with Crippen LogP contribution in [0.15, 0.2) is 52.9 Å². The lowest BCUT2D eigenvalue weighted by Gasteiger charge is -2.35. The van der Waals surface area contributed by atoms with E-state index in [2.05, 4.69) is 10.6 Å². The van der Waals surface area contributed by atoms with E-state index in [4.69, 9.17) is 21.1 Å². The fourth-order valence-corrected chi connectivity index (χ4v) is 6.08. The van der Waals surface area contributed by atoms with Crippen LogP contribution in [0.5, 0.6) is 11.5 Å². The largest absolute Gasteiger partial charge is 0.493 e. The Balaban J connectivity index is 1.30. The Kier molecular flexibility index (Phi) is 5.39. The molecule has 0 bridgehead atoms. The number of carbonyl (C=O) groups excluding carboxylic acids is 1. The number of amides is 1. The lowest BCUT2D eigenvalue weighted by Crippen LogP contribution is -2.54. The van der Waals surface area contributed by atoms with E-state index in [1.807, 2.05) is 54.2 Å². The minimum atomic E-state index is -0.245. The smallest absolute Gasteiger partial charge is 0.231 e. The number of hydrogen-bond donors (Lipinski definition) is 2. The van der Waals surface area contributed by atoms with Crippen LogP contribution in [0.1, 0.15) is 36.6 Å². The van der Waals surface area contributed by atoms with Gasteiger partial charge >= 0.3 is 0 Å². The predicted octanol–water partition coefficient (Wildman–Crippen LogP) is 4.77. The van der Waals surface area contributed by atoms with Gasteiger partial charge in [0.25, 0.3) is 0 Å². The van der Waals surface area contributed by atoms with Crippen LogP contribution in [0.2, 0.25) is 5.02 Å². The molecular weight excluding hydrogens is 420 g/mol. The highest BCUT2D eigenvalue weighted by molar-refractivity contribution is 8.04. The molecule has 2 aliphatic heterocycles. The highest BCUT2D eigenvalue weighted by atomic mass is 35.5. The molecule has 0 saturated carbocycles. The van der Waals surface area contributed by atoms with Crippen molar-refractivity contribution in [2.75, 3.05) is 7.11 Å². The highest BCUT2D eigenvalue weighted by Gasteiger charge is 2.46. The molecule has 2 aromatic carbocycles. The number of rotatable bonds is 5. The minimum Gasteiger partial charge on any atom is -0.493 e. The zero-order valence-electron chi connectivity index (χ0n) is 16.6. The van der Waals surface area contributed by atoms with Crippen LogP contribution < -0.4 is 20.1 Å². The van der Waals surface area contributed by atoms with Gasteiger partial charge in [-0.3, -0.25) is 10.1 Å². The number of thioether (sulfide) groups is 1. The summed E-state index contributed by atoms with van der Waals surface area (Å²) in [6.07, 6.45) is 3.09. The molecule has 0 radical (unpaired) electrons. The molecular formula is C23H23ClN2O3S. The first kappa shape index (κ1) is 19.8. The molecule has 1 fully saturated rings. The van der Waals surface area contributed by atoms with Crippen LogP contribution in [-0.4, -0.2) is 18.4 Å². The van der Waals surface area contributed by atoms with Crippen molar-refractivity contribution in [1.82, 2.24) is 10.6 Å². The number of allylic oxidation sites excluding steroid dienone is 1. The van der Waals surface area contributed by atoms with Gasteiger partial charge in [-0.25, -0.2) is 0 Å². The average molecular weight is 443 g/mol. The summed E-state index contributed by atoms with van der Waals surface area (Å²) < 4.78 is 11.5. The molecule has 3 aliphatic rings. The maximum absolute atomic E-state index is 12.8. The highest BCUT2D eigenvalue weighted by Crippen LogP contribution is 2.51. The third-order valence-electron chi connectivity index (χ3n) is 5.88. The SMILES string of the molecule is COc1cc(C2NC(=O)C3C4=C(CCC4)SC3N2)ccc1OCc1ccc(Cl)cc1. The summed E-state index contributed by atoms with van der Waals surface area (Å²) >= 11 is 7.77. The number of methoxy groups -OCH3 is 1. The molecule has 3 atom stereocenters. The van der Waals surface area contributed by atoms with Crippen molar-refractivity contribution in [3.05, 3.63) is 69.1 Å². The van der Waals surface area contributed by atoms with Gasteiger partial charge in [-0.1, -0.05) is 29.8 Å². The standard InChI is InChI=1S/C23H23ClN2O3S/c1-28-18-11-14(7-10-17(18)29-12-13-5-8-15(24)9-6-13)21-25-22(27)20-16-3-2-4-19(16)30-23(20)26-21/h5-11,20-21,23,26H,2-4,12H2,1H3,(H,25,27). The summed E-state index contributed by atoms with van der Waals surface area (Å²) in [5, 5.41) is 7.56. The molecule has 7 heteroatoms. The van der Waals surface area contributed by atoms with Crippen LogP contribution in [0, 0.1) is 5.92 Å². The molecule has 2 N–H and O–H groups in total. The zero-order chi connectivity index (χ0) is 20.7. The third-order valence-corrected chi connectivity index (χ3v) is 7.55. The minimum absolute atomic E-state index is 0.0346. The Labute approximate surface area is 185 Å². The second-order valence-electron chi connectivity index (χ2n) is 7.75. The summed E-state index contributed by atoms with van der Waals surface area (Å²) in [5.74, 6) is 1.38. The van der Waals surface area contributed by atoms with Gasteiger partial charge in [-0.2, -0.15) is 0 Å². The van der Waals surface area contributed by atoms with Crippen molar-refractivity contribution in [2.45, 2.75) is 37.4 Å². The maximum atomic E-state index is 12.8. The van der Waals surface area contributed by atoms with Crippen LogP contribution in [0.25, 0.3) is 0 Å². The van der Waals surface area contributed by atoms with E-state index >= 15 is 0 Å². The summed E-state index contributed by atoms with van der Waals surface area (Å²) in [6.45, 7) is 0.420. The number of nitrogens with one attached hydrogen (secondary N) is 2. The molecule has 5 rings (SSSR count). The van der Waals surface area contributed by atoms with Crippen molar-refractivity contribution < 1.29 is 14.3 Å². The third kappa shape index (κ3) is 3.68. The summed E-state index contributed by atoms with van der Waals surface area (Å²) in [5.41, 5.74) is 3.32. The van der Waals surface area contributed by atoms with Crippen LogP contribution >= 0.6 is 23.4 Å². The van der Waals surface area contributed by atoms with E-state index in [1.165, 1.54) is 16.9 Å². The fourth-order valence-electron chi connectivity index (χ4n) is 4.38. The van der Waals surface area contributed by atoms with Crippen LogP contribution in [0.3, 0.4) is 0 Å². The van der Waals surface area contributed by atoms with Crippen molar-refractivity contribution in [2.24, 2.45) is 5.92 Å². The molecule has 3 unspecified atom stereocenters. The molecule has 30 heavy (non-hydrogen) atoms. The summed E-state index contributed by atoms with van der Waals surface area (Å²) in [7, 11) is 1.62. The number of benzene rings is 2. The summed E-state index contributed by atoms with van der Waals surface area (Å²) in [6, 6.07) is 13.4. The van der Waals surface area contributed by atoms with Crippen molar-refractivity contribution >= 4 is 29.3 Å². The fraction of sp³-hybridized carbons (Fsp3) is 0.348. The lowest BCUT2D eigenvalue weighted by atomic mass is 9.94. The van der Waals surface area contributed by atoms with Gasteiger partial charge in [0.2, 0.25) is 5.91 Å². The first-order valence-electron chi connectivity index (χ1n) is 10.1. The van der Waals surface area contributed by atoms with Crippen molar-refractivity contribution in [3.8, 4) is 11.5 Å². The molecule has 156 valence electrons. The maximum Gasteiger partial charge on any atom is 0.231 e. The van der Waals surface area contributed by atoms with E-state index in [0.29, 0.717) is 23.1 Å². The average Bonchev–Trinajstić information content (AvgIpc) is 3.34. The summed E-state index contributed by atoms with van der Waals surface area (Å²) in [4.78, 5) is 14.3. The Morgan fingerprint density at radius 2 is 1.97 bits per heavy atom. The van der Waals surface area contributed by atoms with Gasteiger partial charge in [0.05, 0.1) is 18.4 Å². The zero-order valence-corrected chi connectivity index (χ0v) is 18.2. The number of hydrogen-bond acceptors (Lipinski definition) is 5. The number of halogens is 1. The Morgan fingerprint density at radius 3 is 2.77 bits per heavy atom. The van der Waals surface area contributed by atoms with Gasteiger partial charge < -0.3 is 14.8 Å². The normalized spacial score (nSPS) is 25.0. The van der Waals surface area contributed by atoms with E-state index in [-0.39, 0.29) is 23.4 Å². The Bertz CT molecular complexity index is 1010. The second-order valence-corrected chi connectivity index (χ2v) is 9.42. The van der Waals surface area contributed by atoms with Gasteiger partial charge in [0.1, 0.15) is 12.8 Å². The number of ether oxygens (including phenoxy) is 2. The van der Waals surface area contributed by atoms with Gasteiger partial charge in [-0.15, -0.1) is 11.8 Å². The Hall–Kier alpha value is -2.15. The number of fused-ring (bicyclic) bond motifs is 2. The van der Waals surface area contributed by atoms with E-state index < -0.39 is 0 Å². The predicted molar refractivity (Wildman–Crippen MR) is 119 cm³/mol. The molecule has 0 spiro atoms. The lowest BCUT2D eigenvalue weighted by molar-refractivity contribution is -0.127. The quantitative estimate of drug-likeness (QED) is 0.698. The Morgan fingerprint density at radius 1 is 1.13 bits per heavy atom. The molecule has 5 nitrogen and oxygen atoms in total. The van der Waals surface area contributed by atoms with Crippen LogP contribution in [-0.2, 0) is 11.4 Å². The van der Waals surface area contributed by atoms with E-state index in [9.17, 15) is 4.79 Å². The molecule has 2 aromatic rings. The second kappa shape index (κ2) is 8.17. The first-order valence-corrected chi connectivity index (χ1v) is 11.4. The van der Waals surface area contributed by atoms with E-state index in [0.717, 1.165) is 24.0 Å². The van der Waals surface area contributed by atoms with Gasteiger partial charge in [-0.05, 0) is 65.1 Å². The van der Waals surface area contributed by atoms with Crippen LogP contribution in [0.4, 0.5) is 0 Å². The molecule has 1 amide bonds. The van der Waals surface area contributed by atoms with Crippen molar-refractivity contribution in [3.63, 3.8) is 0 Å². The molecule has 2 heterocycles. The first-order chi connectivity index (χ1) is 14.6. The molecule has 1 saturated heterocycles. The number of carbonyl (C=O) groups is 1. The monoisotopic (exact) mass is 442 g/mol.